The molecule has 0 radical (unpaired) electrons. The Morgan fingerprint density at radius 1 is 1.35 bits per heavy atom. The predicted octanol–water partition coefficient (Wildman–Crippen LogP) is 1.07. The minimum Gasteiger partial charge on any atom is -0.480 e. The molecule has 0 aromatic heterocycles. The number of benzene rings is 1. The number of rotatable bonds is 3. The Morgan fingerprint density at radius 2 is 2.00 bits per heavy atom. The van der Waals surface area contributed by atoms with Crippen LogP contribution in [0.15, 0.2) is 24.3 Å². The Labute approximate surface area is 136 Å². The molecule has 0 saturated carbocycles. The van der Waals surface area contributed by atoms with Crippen LogP contribution in [0.4, 0.5) is 4.39 Å². The molecule has 2 N–H and O–H groups in total. The molecule has 122 valence electrons. The first-order valence-corrected chi connectivity index (χ1v) is 7.90. The van der Waals surface area contributed by atoms with E-state index in [9.17, 15) is 23.9 Å². The number of amides is 2. The summed E-state index contributed by atoms with van der Waals surface area (Å²) in [6.07, 6.45) is 0. The third kappa shape index (κ3) is 2.37. The third-order valence-electron chi connectivity index (χ3n) is 4.08. The van der Waals surface area contributed by atoms with E-state index < -0.39 is 45.8 Å². The van der Waals surface area contributed by atoms with E-state index in [1.54, 1.807) is 13.8 Å². The van der Waals surface area contributed by atoms with Crippen LogP contribution in [0.25, 0.3) is 0 Å². The molecule has 2 amide bonds. The van der Waals surface area contributed by atoms with Crippen molar-refractivity contribution in [2.45, 2.75) is 36.1 Å². The second-order valence-electron chi connectivity index (χ2n) is 6.03. The normalized spacial score (nSPS) is 28.0. The van der Waals surface area contributed by atoms with Gasteiger partial charge in [0.1, 0.15) is 23.3 Å². The molecule has 0 unspecified atom stereocenters. The molecule has 23 heavy (non-hydrogen) atoms. The van der Waals surface area contributed by atoms with Gasteiger partial charge in [-0.25, -0.2) is 9.18 Å². The molecule has 3 atom stereocenters. The fraction of sp³-hybridized carbons (Fsp3) is 0.400. The molecule has 2 heterocycles. The van der Waals surface area contributed by atoms with E-state index >= 15 is 0 Å². The van der Waals surface area contributed by atoms with Gasteiger partial charge in [0.15, 0.2) is 0 Å². The summed E-state index contributed by atoms with van der Waals surface area (Å²) in [4.78, 5) is 37.1. The molecule has 1 aromatic carbocycles. The van der Waals surface area contributed by atoms with Crippen molar-refractivity contribution in [3.63, 3.8) is 0 Å². The Balaban J connectivity index is 1.78. The number of aliphatic carboxylic acids is 1. The molecule has 8 heteroatoms. The average Bonchev–Trinajstić information content (AvgIpc) is 2.73. The molecule has 1 aromatic rings. The number of halogens is 1. The maximum atomic E-state index is 13.6. The second-order valence-corrected chi connectivity index (χ2v) is 7.80. The monoisotopic (exact) mass is 338 g/mol. The van der Waals surface area contributed by atoms with Crippen LogP contribution in [0, 0.1) is 5.82 Å². The van der Waals surface area contributed by atoms with Gasteiger partial charge in [0.2, 0.25) is 5.91 Å². The zero-order valence-electron chi connectivity index (χ0n) is 12.4. The summed E-state index contributed by atoms with van der Waals surface area (Å²) in [5.41, 5.74) is -0.143. The van der Waals surface area contributed by atoms with Gasteiger partial charge in [0, 0.05) is 4.75 Å². The predicted molar refractivity (Wildman–Crippen MR) is 81.4 cm³/mol. The van der Waals surface area contributed by atoms with Crippen molar-refractivity contribution in [1.29, 1.82) is 0 Å². The van der Waals surface area contributed by atoms with Crippen molar-refractivity contribution >= 4 is 29.5 Å². The Morgan fingerprint density at radius 3 is 2.61 bits per heavy atom. The van der Waals surface area contributed by atoms with Gasteiger partial charge in [-0.1, -0.05) is 12.1 Å². The lowest BCUT2D eigenvalue weighted by Gasteiger charge is -2.43. The summed E-state index contributed by atoms with van der Waals surface area (Å²) >= 11 is 1.32. The molecular weight excluding hydrogens is 323 g/mol. The molecule has 6 nitrogen and oxygen atoms in total. The number of fused-ring (bicyclic) bond motifs is 1. The molecule has 2 saturated heterocycles. The number of hydrogen-bond acceptors (Lipinski definition) is 4. The highest BCUT2D eigenvalue weighted by Gasteiger charge is 2.64. The highest BCUT2D eigenvalue weighted by Crippen LogP contribution is 2.50. The quantitative estimate of drug-likeness (QED) is 0.805. The van der Waals surface area contributed by atoms with Crippen LogP contribution in [-0.4, -0.2) is 50.0 Å². The van der Waals surface area contributed by atoms with Gasteiger partial charge in [0.25, 0.3) is 5.91 Å². The van der Waals surface area contributed by atoms with E-state index in [1.807, 2.05) is 0 Å². The highest BCUT2D eigenvalue weighted by atomic mass is 32.2. The number of carboxylic acids is 1. The van der Waals surface area contributed by atoms with E-state index in [4.69, 9.17) is 0 Å². The topological polar surface area (TPSA) is 86.7 Å². The first-order valence-electron chi connectivity index (χ1n) is 7.02. The molecule has 3 rings (SSSR count). The number of β-lactam (4-membered cyclic amide) rings is 1. The van der Waals surface area contributed by atoms with Crippen LogP contribution in [0.1, 0.15) is 24.2 Å². The summed E-state index contributed by atoms with van der Waals surface area (Å²) in [7, 11) is 0. The summed E-state index contributed by atoms with van der Waals surface area (Å²) < 4.78 is 13.0. The highest BCUT2D eigenvalue weighted by molar-refractivity contribution is 8.01. The van der Waals surface area contributed by atoms with Crippen LogP contribution >= 0.6 is 11.8 Å². The number of hydrogen-bond donors (Lipinski definition) is 2. The number of nitrogens with zero attached hydrogens (tertiary/aromatic N) is 1. The molecular formula is C15H15FN2O4S. The Hall–Kier alpha value is -2.09. The molecule has 0 aliphatic carbocycles. The second kappa shape index (κ2) is 5.23. The van der Waals surface area contributed by atoms with Gasteiger partial charge >= 0.3 is 5.97 Å². The lowest BCUT2D eigenvalue weighted by Crippen LogP contribution is -2.70. The molecule has 2 aliphatic heterocycles. The van der Waals surface area contributed by atoms with E-state index in [0.717, 1.165) is 6.07 Å². The lowest BCUT2D eigenvalue weighted by molar-refractivity contribution is -0.159. The molecule has 0 bridgehead atoms. The summed E-state index contributed by atoms with van der Waals surface area (Å²) in [6, 6.07) is 3.72. The zero-order valence-corrected chi connectivity index (χ0v) is 13.3. The van der Waals surface area contributed by atoms with Crippen LogP contribution in [0.2, 0.25) is 0 Å². The van der Waals surface area contributed by atoms with Gasteiger partial charge in [0.05, 0.1) is 5.56 Å². The molecule has 2 fully saturated rings. The summed E-state index contributed by atoms with van der Waals surface area (Å²) in [5.74, 6) is -2.88. The van der Waals surface area contributed by atoms with Crippen LogP contribution < -0.4 is 5.32 Å². The van der Waals surface area contributed by atoms with E-state index in [-0.39, 0.29) is 5.56 Å². The van der Waals surface area contributed by atoms with Crippen LogP contribution in [0.3, 0.4) is 0 Å². The average molecular weight is 338 g/mol. The fourth-order valence-electron chi connectivity index (χ4n) is 3.01. The maximum Gasteiger partial charge on any atom is 0.327 e. The number of thioether (sulfide) groups is 1. The summed E-state index contributed by atoms with van der Waals surface area (Å²) in [5, 5.41) is 11.4. The lowest BCUT2D eigenvalue weighted by atomic mass is 9.96. The maximum absolute atomic E-state index is 13.6. The van der Waals surface area contributed by atoms with Crippen LogP contribution in [0.5, 0.6) is 0 Å². The number of carbonyl (C=O) groups excluding carboxylic acids is 2. The van der Waals surface area contributed by atoms with E-state index in [2.05, 4.69) is 5.32 Å². The minimum atomic E-state index is -1.07. The van der Waals surface area contributed by atoms with E-state index in [1.165, 1.54) is 34.9 Å². The standard InChI is InChI=1S/C15H15FN2O4S/c1-15(2)10(14(21)22)18-12(20)9(13(18)23-15)17-11(19)7-5-3-4-6-8(7)16/h3-6,9-10,13H,1-2H3,(H,17,19)(H,21,22)/t9-,10+,13-/m1/s1. The molecule has 2 aliphatic rings. The number of carbonyl (C=O) groups is 3. The van der Waals surface area contributed by atoms with Crippen molar-refractivity contribution in [2.24, 2.45) is 0 Å². The van der Waals surface area contributed by atoms with Crippen molar-refractivity contribution in [1.82, 2.24) is 10.2 Å². The first kappa shape index (κ1) is 15.8. The largest absolute Gasteiger partial charge is 0.480 e. The van der Waals surface area contributed by atoms with Crippen molar-refractivity contribution in [3.8, 4) is 0 Å². The van der Waals surface area contributed by atoms with Crippen molar-refractivity contribution < 1.29 is 23.9 Å². The smallest absolute Gasteiger partial charge is 0.327 e. The fourth-order valence-corrected chi connectivity index (χ4v) is 4.64. The Kier molecular flexibility index (Phi) is 3.59. The zero-order chi connectivity index (χ0) is 16.9. The van der Waals surface area contributed by atoms with Crippen molar-refractivity contribution in [2.75, 3.05) is 0 Å². The van der Waals surface area contributed by atoms with Gasteiger partial charge in [-0.05, 0) is 26.0 Å². The molecule has 0 spiro atoms. The Bertz CT molecular complexity index is 708. The van der Waals surface area contributed by atoms with Gasteiger partial charge in [-0.2, -0.15) is 0 Å². The first-order chi connectivity index (χ1) is 10.7. The number of carboxylic acid groups (broad SMARTS) is 1. The van der Waals surface area contributed by atoms with Crippen molar-refractivity contribution in [3.05, 3.63) is 35.6 Å². The third-order valence-corrected chi connectivity index (χ3v) is 5.65. The summed E-state index contributed by atoms with van der Waals surface area (Å²) in [6.45, 7) is 3.50. The van der Waals surface area contributed by atoms with E-state index in [0.29, 0.717) is 0 Å². The van der Waals surface area contributed by atoms with Gasteiger partial charge in [-0.3, -0.25) is 9.59 Å². The van der Waals surface area contributed by atoms with Crippen LogP contribution in [-0.2, 0) is 9.59 Å². The minimum absolute atomic E-state index is 0.143. The number of nitrogens with one attached hydrogen (secondary N) is 1. The van der Waals surface area contributed by atoms with Gasteiger partial charge < -0.3 is 15.3 Å². The SMILES string of the molecule is CC1(C)S[C@@H]2[C@H](NC(=O)c3ccccc3F)C(=O)N2[C@H]1C(=O)O. The van der Waals surface area contributed by atoms with Gasteiger partial charge in [-0.15, -0.1) is 11.8 Å².